The molecule has 0 aliphatic carbocycles. The van der Waals surface area contributed by atoms with Crippen LogP contribution in [0.25, 0.3) is 22.0 Å². The van der Waals surface area contributed by atoms with Crippen molar-refractivity contribution >= 4 is 34.1 Å². The molecule has 0 radical (unpaired) electrons. The summed E-state index contributed by atoms with van der Waals surface area (Å²) in [5.41, 5.74) is 1.48. The number of rotatable bonds is 1. The Balaban J connectivity index is 2.37. The molecule has 0 aliphatic rings. The third-order valence-corrected chi connectivity index (χ3v) is 3.51. The molecule has 0 amide bonds. The van der Waals surface area contributed by atoms with Crippen molar-refractivity contribution in [2.45, 2.75) is 0 Å². The van der Waals surface area contributed by atoms with Crippen LogP contribution in [0.2, 0.25) is 10.0 Å². The fourth-order valence-electron chi connectivity index (χ4n) is 1.99. The van der Waals surface area contributed by atoms with Gasteiger partial charge in [0.05, 0.1) is 21.1 Å². The predicted octanol–water partition coefficient (Wildman–Crippen LogP) is 3.90. The molecule has 0 unspecified atom stereocenters. The average molecular weight is 291 g/mol. The van der Waals surface area contributed by atoms with E-state index in [2.05, 4.69) is 9.97 Å². The van der Waals surface area contributed by atoms with Crippen LogP contribution < -0.4 is 5.56 Å². The van der Waals surface area contributed by atoms with Gasteiger partial charge in [-0.3, -0.25) is 9.78 Å². The van der Waals surface area contributed by atoms with Crippen LogP contribution in [-0.2, 0) is 0 Å². The fourth-order valence-corrected chi connectivity index (χ4v) is 2.59. The van der Waals surface area contributed by atoms with Crippen LogP contribution in [0.1, 0.15) is 0 Å². The van der Waals surface area contributed by atoms with Gasteiger partial charge in [0.2, 0.25) is 0 Å². The van der Waals surface area contributed by atoms with E-state index in [9.17, 15) is 4.79 Å². The molecule has 0 bridgehead atoms. The van der Waals surface area contributed by atoms with Gasteiger partial charge in [-0.1, -0.05) is 29.3 Å². The minimum atomic E-state index is -0.228. The van der Waals surface area contributed by atoms with Crippen molar-refractivity contribution < 1.29 is 0 Å². The van der Waals surface area contributed by atoms with Crippen LogP contribution in [0, 0.1) is 0 Å². The number of aromatic amines is 1. The Morgan fingerprint density at radius 2 is 1.84 bits per heavy atom. The summed E-state index contributed by atoms with van der Waals surface area (Å²) in [4.78, 5) is 19.0. The lowest BCUT2D eigenvalue weighted by molar-refractivity contribution is 1.28. The minimum absolute atomic E-state index is 0.228. The van der Waals surface area contributed by atoms with Gasteiger partial charge in [0.1, 0.15) is 0 Å². The summed E-state index contributed by atoms with van der Waals surface area (Å²) in [5.74, 6) is 0. The Morgan fingerprint density at radius 3 is 2.58 bits per heavy atom. The molecule has 3 nitrogen and oxygen atoms in total. The van der Waals surface area contributed by atoms with Crippen LogP contribution >= 0.6 is 23.2 Å². The Kier molecular flexibility index (Phi) is 3.01. The van der Waals surface area contributed by atoms with Gasteiger partial charge in [-0.25, -0.2) is 0 Å². The summed E-state index contributed by atoms with van der Waals surface area (Å²) < 4.78 is 0. The molecule has 0 saturated carbocycles. The molecule has 0 atom stereocenters. The second-order valence-corrected chi connectivity index (χ2v) is 4.89. The number of nitrogens with zero attached hydrogens (tertiary/aromatic N) is 1. The summed E-state index contributed by atoms with van der Waals surface area (Å²) in [6.07, 6.45) is 3.31. The summed E-state index contributed by atoms with van der Waals surface area (Å²) in [5, 5.41) is 1.72. The van der Waals surface area contributed by atoms with Gasteiger partial charge in [0, 0.05) is 23.3 Å². The highest BCUT2D eigenvalue weighted by atomic mass is 35.5. The minimum Gasteiger partial charge on any atom is -0.321 e. The predicted molar refractivity (Wildman–Crippen MR) is 77.8 cm³/mol. The van der Waals surface area contributed by atoms with Gasteiger partial charge in [-0.05, 0) is 24.3 Å². The van der Waals surface area contributed by atoms with E-state index in [0.717, 1.165) is 10.9 Å². The number of hydrogen-bond donors (Lipinski definition) is 1. The molecule has 0 fully saturated rings. The number of halogens is 2. The third kappa shape index (κ3) is 2.11. The SMILES string of the molecule is O=c1[nH]c2ccncc2cc1-c1c(Cl)cccc1Cl. The molecule has 0 saturated heterocycles. The van der Waals surface area contributed by atoms with Crippen molar-refractivity contribution in [3.8, 4) is 11.1 Å². The highest BCUT2D eigenvalue weighted by molar-refractivity contribution is 6.39. The molecule has 19 heavy (non-hydrogen) atoms. The maximum atomic E-state index is 12.1. The molecule has 3 aromatic rings. The molecule has 5 heteroatoms. The van der Waals surface area contributed by atoms with Crippen molar-refractivity contribution in [1.82, 2.24) is 9.97 Å². The van der Waals surface area contributed by atoms with Gasteiger partial charge < -0.3 is 4.98 Å². The zero-order chi connectivity index (χ0) is 13.4. The maximum Gasteiger partial charge on any atom is 0.256 e. The van der Waals surface area contributed by atoms with E-state index in [1.807, 2.05) is 0 Å². The summed E-state index contributed by atoms with van der Waals surface area (Å²) >= 11 is 12.3. The average Bonchev–Trinajstić information content (AvgIpc) is 2.39. The molecular formula is C14H8Cl2N2O. The second-order valence-electron chi connectivity index (χ2n) is 4.07. The zero-order valence-electron chi connectivity index (χ0n) is 9.65. The smallest absolute Gasteiger partial charge is 0.256 e. The maximum absolute atomic E-state index is 12.1. The molecule has 3 rings (SSSR count). The lowest BCUT2D eigenvalue weighted by atomic mass is 10.1. The second kappa shape index (κ2) is 4.68. The molecule has 94 valence electrons. The quantitative estimate of drug-likeness (QED) is 0.739. The van der Waals surface area contributed by atoms with Crippen molar-refractivity contribution in [1.29, 1.82) is 0 Å². The van der Waals surface area contributed by atoms with Crippen molar-refractivity contribution in [3.05, 3.63) is 63.1 Å². The van der Waals surface area contributed by atoms with Gasteiger partial charge >= 0.3 is 0 Å². The van der Waals surface area contributed by atoms with Crippen molar-refractivity contribution in [2.24, 2.45) is 0 Å². The standard InChI is InChI=1S/C14H8Cl2N2O/c15-10-2-1-3-11(16)13(10)9-6-8-7-17-5-4-12(8)18-14(9)19/h1-7H,(H,18,19). The Bertz CT molecular complexity index is 807. The van der Waals surface area contributed by atoms with Crippen molar-refractivity contribution in [2.75, 3.05) is 0 Å². The number of pyridine rings is 2. The van der Waals surface area contributed by atoms with Crippen LogP contribution in [0.5, 0.6) is 0 Å². The highest BCUT2D eigenvalue weighted by Gasteiger charge is 2.12. The van der Waals surface area contributed by atoms with Crippen LogP contribution in [-0.4, -0.2) is 9.97 Å². The summed E-state index contributed by atoms with van der Waals surface area (Å²) in [7, 11) is 0. The van der Waals surface area contributed by atoms with Crippen LogP contribution in [0.4, 0.5) is 0 Å². The number of aromatic nitrogens is 2. The van der Waals surface area contributed by atoms with Gasteiger partial charge in [-0.15, -0.1) is 0 Å². The number of nitrogens with one attached hydrogen (secondary N) is 1. The Labute approximate surface area is 118 Å². The van der Waals surface area contributed by atoms with Crippen molar-refractivity contribution in [3.63, 3.8) is 0 Å². The molecule has 2 aromatic heterocycles. The zero-order valence-corrected chi connectivity index (χ0v) is 11.2. The van der Waals surface area contributed by atoms with Gasteiger partial charge in [0.15, 0.2) is 0 Å². The van der Waals surface area contributed by atoms with Gasteiger partial charge in [0.25, 0.3) is 5.56 Å². The number of hydrogen-bond acceptors (Lipinski definition) is 2. The molecule has 2 heterocycles. The Morgan fingerprint density at radius 1 is 1.11 bits per heavy atom. The van der Waals surface area contributed by atoms with Crippen LogP contribution in [0.3, 0.4) is 0 Å². The fraction of sp³-hybridized carbons (Fsp3) is 0. The van der Waals surface area contributed by atoms with Crippen LogP contribution in [0.15, 0.2) is 47.5 Å². The molecule has 1 aromatic carbocycles. The number of benzene rings is 1. The number of fused-ring (bicyclic) bond motifs is 1. The highest BCUT2D eigenvalue weighted by Crippen LogP contribution is 2.33. The van der Waals surface area contributed by atoms with E-state index in [1.165, 1.54) is 0 Å². The Hall–Kier alpha value is -1.84. The normalized spacial score (nSPS) is 10.8. The molecular weight excluding hydrogens is 283 g/mol. The molecule has 1 N–H and O–H groups in total. The largest absolute Gasteiger partial charge is 0.321 e. The van der Waals surface area contributed by atoms with E-state index in [1.54, 1.807) is 42.7 Å². The molecule has 0 spiro atoms. The first-order valence-electron chi connectivity index (χ1n) is 5.58. The van der Waals surface area contributed by atoms with E-state index >= 15 is 0 Å². The molecule has 0 aliphatic heterocycles. The monoisotopic (exact) mass is 290 g/mol. The summed E-state index contributed by atoms with van der Waals surface area (Å²) in [6, 6.07) is 8.64. The number of H-pyrrole nitrogens is 1. The topological polar surface area (TPSA) is 45.8 Å². The van der Waals surface area contributed by atoms with E-state index in [4.69, 9.17) is 23.2 Å². The third-order valence-electron chi connectivity index (χ3n) is 2.88. The van der Waals surface area contributed by atoms with Gasteiger partial charge in [-0.2, -0.15) is 0 Å². The first-order chi connectivity index (χ1) is 9.16. The van der Waals surface area contributed by atoms with E-state index < -0.39 is 0 Å². The lowest BCUT2D eigenvalue weighted by Crippen LogP contribution is -2.09. The first-order valence-corrected chi connectivity index (χ1v) is 6.34. The lowest BCUT2D eigenvalue weighted by Gasteiger charge is -2.07. The first kappa shape index (κ1) is 12.2. The van der Waals surface area contributed by atoms with E-state index in [-0.39, 0.29) is 5.56 Å². The van der Waals surface area contributed by atoms with E-state index in [0.29, 0.717) is 21.2 Å². The summed E-state index contributed by atoms with van der Waals surface area (Å²) in [6.45, 7) is 0.